The standard InChI is InChI=1S/C19H20Cl2N2O2/c1-3-14-6-4-5-7-18(14)23(13(2)24)9-8-19(25)22-17-11-15(20)10-16(21)12-17/h4-7,10-12H,3,8-9H2,1-2H3,(H,22,25). The van der Waals surface area contributed by atoms with Crippen molar-refractivity contribution in [2.75, 3.05) is 16.8 Å². The highest BCUT2D eigenvalue weighted by atomic mass is 35.5. The summed E-state index contributed by atoms with van der Waals surface area (Å²) < 4.78 is 0. The average molecular weight is 379 g/mol. The molecule has 0 aliphatic rings. The number of para-hydroxylation sites is 1. The van der Waals surface area contributed by atoms with Crippen LogP contribution in [0.25, 0.3) is 0 Å². The summed E-state index contributed by atoms with van der Waals surface area (Å²) in [4.78, 5) is 25.9. The molecule has 2 amide bonds. The number of rotatable bonds is 6. The number of nitrogens with one attached hydrogen (secondary N) is 1. The third-order valence-electron chi connectivity index (χ3n) is 3.75. The van der Waals surface area contributed by atoms with Gasteiger partial charge in [-0.2, -0.15) is 0 Å². The van der Waals surface area contributed by atoms with E-state index < -0.39 is 0 Å². The van der Waals surface area contributed by atoms with Crippen LogP contribution in [0.4, 0.5) is 11.4 Å². The predicted octanol–water partition coefficient (Wildman–Crippen LogP) is 4.94. The quantitative estimate of drug-likeness (QED) is 0.773. The molecule has 2 aromatic rings. The summed E-state index contributed by atoms with van der Waals surface area (Å²) in [6.45, 7) is 3.83. The second kappa shape index (κ2) is 8.88. The fraction of sp³-hybridized carbons (Fsp3) is 0.263. The lowest BCUT2D eigenvalue weighted by atomic mass is 10.1. The van der Waals surface area contributed by atoms with Crippen LogP contribution < -0.4 is 10.2 Å². The van der Waals surface area contributed by atoms with Gasteiger partial charge in [0.15, 0.2) is 0 Å². The maximum Gasteiger partial charge on any atom is 0.226 e. The lowest BCUT2D eigenvalue weighted by Gasteiger charge is -2.23. The van der Waals surface area contributed by atoms with Crippen molar-refractivity contribution < 1.29 is 9.59 Å². The summed E-state index contributed by atoms with van der Waals surface area (Å²) in [5.74, 6) is -0.307. The van der Waals surface area contributed by atoms with Crippen molar-refractivity contribution in [1.29, 1.82) is 0 Å². The molecule has 0 aromatic heterocycles. The molecule has 6 heteroatoms. The summed E-state index contributed by atoms with van der Waals surface area (Å²) in [6, 6.07) is 12.6. The van der Waals surface area contributed by atoms with Gasteiger partial charge in [0.05, 0.1) is 0 Å². The summed E-state index contributed by atoms with van der Waals surface area (Å²) in [5.41, 5.74) is 2.45. The summed E-state index contributed by atoms with van der Waals surface area (Å²) >= 11 is 11.9. The molecule has 0 radical (unpaired) electrons. The van der Waals surface area contributed by atoms with Crippen LogP contribution in [0.5, 0.6) is 0 Å². The zero-order chi connectivity index (χ0) is 18.4. The van der Waals surface area contributed by atoms with Gasteiger partial charge in [-0.15, -0.1) is 0 Å². The molecule has 0 spiro atoms. The zero-order valence-electron chi connectivity index (χ0n) is 14.2. The monoisotopic (exact) mass is 378 g/mol. The van der Waals surface area contributed by atoms with Crippen LogP contribution in [0.15, 0.2) is 42.5 Å². The molecule has 0 aliphatic heterocycles. The highest BCUT2D eigenvalue weighted by molar-refractivity contribution is 6.35. The molecular formula is C19H20Cl2N2O2. The van der Waals surface area contributed by atoms with Gasteiger partial charge in [-0.05, 0) is 36.2 Å². The molecular weight excluding hydrogens is 359 g/mol. The average Bonchev–Trinajstić information content (AvgIpc) is 2.54. The molecule has 0 atom stereocenters. The van der Waals surface area contributed by atoms with Crippen molar-refractivity contribution in [1.82, 2.24) is 0 Å². The topological polar surface area (TPSA) is 49.4 Å². The van der Waals surface area contributed by atoms with Crippen LogP contribution in [0, 0.1) is 0 Å². The van der Waals surface area contributed by atoms with Crippen molar-refractivity contribution in [2.24, 2.45) is 0 Å². The number of hydrogen-bond acceptors (Lipinski definition) is 2. The van der Waals surface area contributed by atoms with E-state index in [1.54, 1.807) is 23.1 Å². The molecule has 4 nitrogen and oxygen atoms in total. The molecule has 2 rings (SSSR count). The Bertz CT molecular complexity index is 758. The molecule has 2 aromatic carbocycles. The minimum atomic E-state index is -0.210. The fourth-order valence-electron chi connectivity index (χ4n) is 2.58. The van der Waals surface area contributed by atoms with Crippen molar-refractivity contribution in [3.8, 4) is 0 Å². The molecule has 0 fully saturated rings. The minimum Gasteiger partial charge on any atom is -0.326 e. The van der Waals surface area contributed by atoms with Gasteiger partial charge in [-0.3, -0.25) is 9.59 Å². The van der Waals surface area contributed by atoms with Crippen LogP contribution in [0.3, 0.4) is 0 Å². The number of aryl methyl sites for hydroxylation is 1. The first kappa shape index (κ1) is 19.3. The van der Waals surface area contributed by atoms with Gasteiger partial charge < -0.3 is 10.2 Å². The first-order chi connectivity index (χ1) is 11.9. The lowest BCUT2D eigenvalue weighted by molar-refractivity contribution is -0.117. The highest BCUT2D eigenvalue weighted by Crippen LogP contribution is 2.23. The molecule has 0 saturated heterocycles. The van der Waals surface area contributed by atoms with Gasteiger partial charge in [-0.25, -0.2) is 0 Å². The van der Waals surface area contributed by atoms with E-state index in [0.29, 0.717) is 22.3 Å². The van der Waals surface area contributed by atoms with E-state index in [-0.39, 0.29) is 18.2 Å². The van der Waals surface area contributed by atoms with Crippen molar-refractivity contribution >= 4 is 46.4 Å². The predicted molar refractivity (Wildman–Crippen MR) is 104 cm³/mol. The number of carbonyl (C=O) groups is 2. The zero-order valence-corrected chi connectivity index (χ0v) is 15.7. The SMILES string of the molecule is CCc1ccccc1N(CCC(=O)Nc1cc(Cl)cc(Cl)c1)C(C)=O. The van der Waals surface area contributed by atoms with Crippen LogP contribution >= 0.6 is 23.2 Å². The van der Waals surface area contributed by atoms with Crippen molar-refractivity contribution in [3.05, 3.63) is 58.1 Å². The van der Waals surface area contributed by atoms with Crippen molar-refractivity contribution in [2.45, 2.75) is 26.7 Å². The molecule has 0 bridgehead atoms. The van der Waals surface area contributed by atoms with Crippen molar-refractivity contribution in [3.63, 3.8) is 0 Å². The second-order valence-corrected chi connectivity index (χ2v) is 6.48. The Kier molecular flexibility index (Phi) is 6.85. The van der Waals surface area contributed by atoms with E-state index in [1.807, 2.05) is 31.2 Å². The van der Waals surface area contributed by atoms with E-state index >= 15 is 0 Å². The normalized spacial score (nSPS) is 10.4. The fourth-order valence-corrected chi connectivity index (χ4v) is 3.11. The molecule has 0 heterocycles. The number of anilines is 2. The molecule has 25 heavy (non-hydrogen) atoms. The van der Waals surface area contributed by atoms with E-state index in [9.17, 15) is 9.59 Å². The molecule has 132 valence electrons. The largest absolute Gasteiger partial charge is 0.326 e. The van der Waals surface area contributed by atoms with Gasteiger partial charge in [0, 0.05) is 41.3 Å². The summed E-state index contributed by atoms with van der Waals surface area (Å²) in [6.07, 6.45) is 0.981. The summed E-state index contributed by atoms with van der Waals surface area (Å²) in [5, 5.41) is 3.65. The molecule has 0 aliphatic carbocycles. The molecule has 0 saturated carbocycles. The Balaban J connectivity index is 2.06. The molecule has 0 unspecified atom stereocenters. The van der Waals surface area contributed by atoms with Gasteiger partial charge in [0.2, 0.25) is 11.8 Å². The number of halogens is 2. The number of nitrogens with zero attached hydrogens (tertiary/aromatic N) is 1. The second-order valence-electron chi connectivity index (χ2n) is 5.61. The first-order valence-corrected chi connectivity index (χ1v) is 8.78. The van der Waals surface area contributed by atoms with Crippen LogP contribution in [0.2, 0.25) is 10.0 Å². The minimum absolute atomic E-state index is 0.0977. The van der Waals surface area contributed by atoms with E-state index in [1.165, 1.54) is 6.92 Å². The Labute approximate surface area is 157 Å². The third kappa shape index (κ3) is 5.48. The Hall–Kier alpha value is -2.04. The maximum absolute atomic E-state index is 12.2. The Morgan fingerprint density at radius 2 is 1.72 bits per heavy atom. The first-order valence-electron chi connectivity index (χ1n) is 8.02. The number of amides is 2. The van der Waals surface area contributed by atoms with Crippen LogP contribution in [0.1, 0.15) is 25.8 Å². The smallest absolute Gasteiger partial charge is 0.226 e. The van der Waals surface area contributed by atoms with Gasteiger partial charge in [-0.1, -0.05) is 48.3 Å². The maximum atomic E-state index is 12.2. The number of benzene rings is 2. The highest BCUT2D eigenvalue weighted by Gasteiger charge is 2.16. The van der Waals surface area contributed by atoms with Gasteiger partial charge in [0.1, 0.15) is 0 Å². The summed E-state index contributed by atoms with van der Waals surface area (Å²) in [7, 11) is 0. The van der Waals surface area contributed by atoms with E-state index in [2.05, 4.69) is 5.32 Å². The molecule has 1 N–H and O–H groups in total. The van der Waals surface area contributed by atoms with Crippen LogP contribution in [-0.4, -0.2) is 18.4 Å². The van der Waals surface area contributed by atoms with Gasteiger partial charge in [0.25, 0.3) is 0 Å². The van der Waals surface area contributed by atoms with Crippen LogP contribution in [-0.2, 0) is 16.0 Å². The number of hydrogen-bond donors (Lipinski definition) is 1. The number of carbonyl (C=O) groups excluding carboxylic acids is 2. The van der Waals surface area contributed by atoms with E-state index in [0.717, 1.165) is 17.7 Å². The Morgan fingerprint density at radius 3 is 2.32 bits per heavy atom. The lowest BCUT2D eigenvalue weighted by Crippen LogP contribution is -2.32. The Morgan fingerprint density at radius 1 is 1.08 bits per heavy atom. The van der Waals surface area contributed by atoms with E-state index in [4.69, 9.17) is 23.2 Å². The third-order valence-corrected chi connectivity index (χ3v) is 4.19. The van der Waals surface area contributed by atoms with Gasteiger partial charge >= 0.3 is 0 Å².